The number of piperidine rings is 1. The molecule has 4 nitrogen and oxygen atoms in total. The Kier molecular flexibility index (Phi) is 8.01. The van der Waals surface area contributed by atoms with E-state index in [-0.39, 0.29) is 5.91 Å². The fourth-order valence-corrected chi connectivity index (χ4v) is 2.12. The van der Waals surface area contributed by atoms with Crippen LogP contribution in [0.3, 0.4) is 0 Å². The Bertz CT molecular complexity index is 204. The normalized spacial score (nSPS) is 20.2. The first-order valence-corrected chi connectivity index (χ1v) is 6.90. The lowest BCUT2D eigenvalue weighted by molar-refractivity contribution is -0.121. The van der Waals surface area contributed by atoms with Gasteiger partial charge in [0.2, 0.25) is 5.91 Å². The van der Waals surface area contributed by atoms with Crippen molar-refractivity contribution in [2.24, 2.45) is 0 Å². The first kappa shape index (κ1) is 14.5. The molecule has 1 saturated heterocycles. The largest absolute Gasteiger partial charge is 0.382 e. The molecule has 1 unspecified atom stereocenters. The van der Waals surface area contributed by atoms with Crippen molar-refractivity contribution in [1.29, 1.82) is 0 Å². The second-order valence-corrected chi connectivity index (χ2v) is 4.59. The van der Waals surface area contributed by atoms with Crippen molar-refractivity contribution in [1.82, 2.24) is 10.6 Å². The Labute approximate surface area is 104 Å². The summed E-state index contributed by atoms with van der Waals surface area (Å²) in [5.74, 6) is 0.153. The zero-order valence-corrected chi connectivity index (χ0v) is 11.0. The second-order valence-electron chi connectivity index (χ2n) is 4.59. The summed E-state index contributed by atoms with van der Waals surface area (Å²) >= 11 is 0. The molecule has 17 heavy (non-hydrogen) atoms. The lowest BCUT2D eigenvalue weighted by atomic mass is 10.0. The molecule has 1 aliphatic rings. The lowest BCUT2D eigenvalue weighted by Gasteiger charge is -2.23. The zero-order valence-electron chi connectivity index (χ0n) is 11.0. The average Bonchev–Trinajstić information content (AvgIpc) is 2.36. The van der Waals surface area contributed by atoms with Gasteiger partial charge in [0.05, 0.1) is 0 Å². The molecule has 0 aromatic heterocycles. The minimum absolute atomic E-state index is 0.153. The molecule has 0 bridgehead atoms. The predicted molar refractivity (Wildman–Crippen MR) is 69.0 cm³/mol. The first-order valence-electron chi connectivity index (χ1n) is 6.90. The van der Waals surface area contributed by atoms with E-state index < -0.39 is 0 Å². The molecule has 1 fully saturated rings. The number of hydrogen-bond acceptors (Lipinski definition) is 3. The van der Waals surface area contributed by atoms with Crippen LogP contribution in [0.15, 0.2) is 0 Å². The summed E-state index contributed by atoms with van der Waals surface area (Å²) in [6, 6.07) is 0.604. The number of carbonyl (C=O) groups is 1. The number of nitrogens with one attached hydrogen (secondary N) is 2. The minimum atomic E-state index is 0.153. The van der Waals surface area contributed by atoms with Gasteiger partial charge in [0, 0.05) is 32.2 Å². The number of ether oxygens (including phenoxy) is 1. The molecular weight excluding hydrogens is 216 g/mol. The molecule has 0 aliphatic carbocycles. The van der Waals surface area contributed by atoms with E-state index in [1.165, 1.54) is 19.3 Å². The van der Waals surface area contributed by atoms with Crippen LogP contribution in [0.1, 0.15) is 45.4 Å². The fraction of sp³-hybridized carbons (Fsp3) is 0.923. The Morgan fingerprint density at radius 2 is 2.35 bits per heavy atom. The van der Waals surface area contributed by atoms with Crippen LogP contribution in [-0.4, -0.2) is 38.3 Å². The van der Waals surface area contributed by atoms with Gasteiger partial charge in [-0.1, -0.05) is 6.42 Å². The van der Waals surface area contributed by atoms with E-state index in [0.717, 1.165) is 32.5 Å². The van der Waals surface area contributed by atoms with Gasteiger partial charge in [-0.25, -0.2) is 0 Å². The van der Waals surface area contributed by atoms with Crippen LogP contribution in [0.4, 0.5) is 0 Å². The van der Waals surface area contributed by atoms with Gasteiger partial charge in [0.25, 0.3) is 0 Å². The van der Waals surface area contributed by atoms with Gasteiger partial charge in [-0.2, -0.15) is 0 Å². The highest BCUT2D eigenvalue weighted by Gasteiger charge is 2.12. The van der Waals surface area contributed by atoms with Crippen LogP contribution in [-0.2, 0) is 9.53 Å². The Hall–Kier alpha value is -0.610. The maximum Gasteiger partial charge on any atom is 0.220 e. The highest BCUT2D eigenvalue weighted by molar-refractivity contribution is 5.75. The summed E-state index contributed by atoms with van der Waals surface area (Å²) in [6.07, 6.45) is 6.32. The first-order chi connectivity index (χ1) is 8.33. The quantitative estimate of drug-likeness (QED) is 0.633. The Morgan fingerprint density at radius 3 is 3.06 bits per heavy atom. The Balaban J connectivity index is 1.92. The third kappa shape index (κ3) is 7.34. The van der Waals surface area contributed by atoms with Gasteiger partial charge in [-0.15, -0.1) is 0 Å². The van der Waals surface area contributed by atoms with Gasteiger partial charge in [-0.05, 0) is 39.2 Å². The van der Waals surface area contributed by atoms with Crippen molar-refractivity contribution in [3.8, 4) is 0 Å². The van der Waals surface area contributed by atoms with E-state index in [9.17, 15) is 4.79 Å². The van der Waals surface area contributed by atoms with Crippen molar-refractivity contribution in [3.05, 3.63) is 0 Å². The van der Waals surface area contributed by atoms with Crippen LogP contribution in [0, 0.1) is 0 Å². The fourth-order valence-electron chi connectivity index (χ4n) is 2.12. The lowest BCUT2D eigenvalue weighted by Crippen LogP contribution is -2.37. The van der Waals surface area contributed by atoms with Crippen LogP contribution in [0.2, 0.25) is 0 Å². The van der Waals surface area contributed by atoms with E-state index in [4.69, 9.17) is 4.74 Å². The number of carbonyl (C=O) groups excluding carboxylic acids is 1. The predicted octanol–water partition coefficient (Wildman–Crippen LogP) is 1.45. The minimum Gasteiger partial charge on any atom is -0.382 e. The van der Waals surface area contributed by atoms with Crippen molar-refractivity contribution in [3.63, 3.8) is 0 Å². The molecule has 1 aliphatic heterocycles. The molecular formula is C13H26N2O2. The Morgan fingerprint density at radius 1 is 1.47 bits per heavy atom. The van der Waals surface area contributed by atoms with Gasteiger partial charge in [0.1, 0.15) is 0 Å². The van der Waals surface area contributed by atoms with Gasteiger partial charge < -0.3 is 15.4 Å². The molecule has 0 saturated carbocycles. The summed E-state index contributed by atoms with van der Waals surface area (Å²) in [4.78, 5) is 11.5. The number of rotatable bonds is 8. The molecule has 1 amide bonds. The molecule has 0 spiro atoms. The van der Waals surface area contributed by atoms with E-state index in [2.05, 4.69) is 10.6 Å². The van der Waals surface area contributed by atoms with Crippen LogP contribution >= 0.6 is 0 Å². The van der Waals surface area contributed by atoms with Crippen molar-refractivity contribution in [2.45, 2.75) is 51.5 Å². The molecule has 4 heteroatoms. The topological polar surface area (TPSA) is 50.4 Å². The highest BCUT2D eigenvalue weighted by Crippen LogP contribution is 2.09. The summed E-state index contributed by atoms with van der Waals surface area (Å²) in [5.41, 5.74) is 0. The molecule has 100 valence electrons. The van der Waals surface area contributed by atoms with Crippen LogP contribution in [0.5, 0.6) is 0 Å². The summed E-state index contributed by atoms with van der Waals surface area (Å²) in [5, 5.41) is 6.45. The third-order valence-corrected chi connectivity index (χ3v) is 3.12. The summed E-state index contributed by atoms with van der Waals surface area (Å²) in [7, 11) is 0. The van der Waals surface area contributed by atoms with E-state index in [1.807, 2.05) is 6.92 Å². The maximum absolute atomic E-state index is 11.5. The molecule has 0 radical (unpaired) electrons. The zero-order chi connectivity index (χ0) is 12.3. The highest BCUT2D eigenvalue weighted by atomic mass is 16.5. The van der Waals surface area contributed by atoms with Gasteiger partial charge in [0.15, 0.2) is 0 Å². The molecule has 0 aromatic rings. The van der Waals surface area contributed by atoms with Crippen LogP contribution < -0.4 is 10.6 Å². The third-order valence-electron chi connectivity index (χ3n) is 3.12. The van der Waals surface area contributed by atoms with E-state index in [1.54, 1.807) is 0 Å². The van der Waals surface area contributed by atoms with Gasteiger partial charge >= 0.3 is 0 Å². The summed E-state index contributed by atoms with van der Waals surface area (Å²) < 4.78 is 5.19. The number of amides is 1. The second kappa shape index (κ2) is 9.42. The maximum atomic E-state index is 11.5. The standard InChI is InChI=1S/C13H26N2O2/c1-2-17-11-5-7-13(16)15-10-8-12-6-3-4-9-14-12/h12,14H,2-11H2,1H3,(H,15,16). The molecule has 1 atom stereocenters. The average molecular weight is 242 g/mol. The monoisotopic (exact) mass is 242 g/mol. The van der Waals surface area contributed by atoms with Crippen molar-refractivity contribution < 1.29 is 9.53 Å². The van der Waals surface area contributed by atoms with Gasteiger partial charge in [-0.3, -0.25) is 4.79 Å². The molecule has 1 heterocycles. The van der Waals surface area contributed by atoms with Crippen molar-refractivity contribution in [2.75, 3.05) is 26.3 Å². The van der Waals surface area contributed by atoms with Crippen LogP contribution in [0.25, 0.3) is 0 Å². The van der Waals surface area contributed by atoms with Crippen molar-refractivity contribution >= 4 is 5.91 Å². The summed E-state index contributed by atoms with van der Waals surface area (Å²) in [6.45, 7) is 5.32. The SMILES string of the molecule is CCOCCCC(=O)NCCC1CCCCN1. The molecule has 0 aromatic carbocycles. The molecule has 1 rings (SSSR count). The smallest absolute Gasteiger partial charge is 0.220 e. The van der Waals surface area contributed by atoms with E-state index in [0.29, 0.717) is 19.1 Å². The van der Waals surface area contributed by atoms with E-state index >= 15 is 0 Å². The number of hydrogen-bond donors (Lipinski definition) is 2. The molecule has 2 N–H and O–H groups in total.